The average molecular weight is 351 g/mol. The molecule has 134 valence electrons. The van der Waals surface area contributed by atoms with E-state index < -0.39 is 0 Å². The molecule has 0 radical (unpaired) electrons. The molecule has 3 aromatic rings. The number of ether oxygens (including phenoxy) is 1. The molecular formula is C19H21N5O2. The van der Waals surface area contributed by atoms with Crippen LogP contribution in [-0.4, -0.2) is 50.4 Å². The van der Waals surface area contributed by atoms with Gasteiger partial charge in [-0.25, -0.2) is 15.0 Å². The zero-order chi connectivity index (χ0) is 17.9. The summed E-state index contributed by atoms with van der Waals surface area (Å²) in [4.78, 5) is 31.0. The summed E-state index contributed by atoms with van der Waals surface area (Å²) in [7, 11) is 0. The van der Waals surface area contributed by atoms with Gasteiger partial charge in [-0.05, 0) is 25.1 Å². The SMILES string of the molecule is Cc1ccnc(C2CN(C(=O)CCc3nc4ccccc4[nH]3)CCO2)n1. The predicted molar refractivity (Wildman–Crippen MR) is 96.5 cm³/mol. The summed E-state index contributed by atoms with van der Waals surface area (Å²) in [6, 6.07) is 9.73. The van der Waals surface area contributed by atoms with Crippen LogP contribution in [0.4, 0.5) is 0 Å². The number of fused-ring (bicyclic) bond motifs is 1. The Labute approximate surface area is 151 Å². The van der Waals surface area contributed by atoms with Crippen molar-refractivity contribution in [3.05, 3.63) is 53.9 Å². The number of hydrogen-bond acceptors (Lipinski definition) is 5. The van der Waals surface area contributed by atoms with Crippen LogP contribution in [0.5, 0.6) is 0 Å². The fourth-order valence-electron chi connectivity index (χ4n) is 3.16. The summed E-state index contributed by atoms with van der Waals surface area (Å²) in [6.07, 6.45) is 2.47. The summed E-state index contributed by atoms with van der Waals surface area (Å²) in [5, 5.41) is 0. The number of nitrogens with one attached hydrogen (secondary N) is 1. The molecule has 0 bridgehead atoms. The smallest absolute Gasteiger partial charge is 0.223 e. The molecule has 1 fully saturated rings. The van der Waals surface area contributed by atoms with Crippen molar-refractivity contribution >= 4 is 16.9 Å². The van der Waals surface area contributed by atoms with Crippen LogP contribution in [0.2, 0.25) is 0 Å². The number of carbonyl (C=O) groups excluding carboxylic acids is 1. The molecule has 2 aromatic heterocycles. The topological polar surface area (TPSA) is 84.0 Å². The van der Waals surface area contributed by atoms with Crippen LogP contribution in [0.25, 0.3) is 11.0 Å². The molecule has 1 saturated heterocycles. The summed E-state index contributed by atoms with van der Waals surface area (Å²) >= 11 is 0. The molecule has 4 rings (SSSR count). The number of rotatable bonds is 4. The van der Waals surface area contributed by atoms with E-state index in [1.165, 1.54) is 0 Å². The first kappa shape index (κ1) is 16.7. The van der Waals surface area contributed by atoms with Crippen LogP contribution in [-0.2, 0) is 16.0 Å². The molecule has 1 aliphatic heterocycles. The molecular weight excluding hydrogens is 330 g/mol. The molecule has 1 aromatic carbocycles. The minimum atomic E-state index is -0.265. The van der Waals surface area contributed by atoms with E-state index in [0.29, 0.717) is 38.4 Å². The van der Waals surface area contributed by atoms with Gasteiger partial charge >= 0.3 is 0 Å². The van der Waals surface area contributed by atoms with Crippen LogP contribution >= 0.6 is 0 Å². The second-order valence-electron chi connectivity index (χ2n) is 6.46. The van der Waals surface area contributed by atoms with Crippen molar-refractivity contribution in [3.8, 4) is 0 Å². The van der Waals surface area contributed by atoms with E-state index in [9.17, 15) is 4.79 Å². The zero-order valence-corrected chi connectivity index (χ0v) is 14.7. The van der Waals surface area contributed by atoms with E-state index in [0.717, 1.165) is 22.6 Å². The van der Waals surface area contributed by atoms with Crippen molar-refractivity contribution in [2.45, 2.75) is 25.9 Å². The third-order valence-electron chi connectivity index (χ3n) is 4.53. The van der Waals surface area contributed by atoms with Gasteiger partial charge < -0.3 is 14.6 Å². The highest BCUT2D eigenvalue weighted by Gasteiger charge is 2.27. The molecule has 7 heteroatoms. The number of aromatic nitrogens is 4. The first-order valence-electron chi connectivity index (χ1n) is 8.81. The molecule has 1 N–H and O–H groups in total. The number of aryl methyl sites for hydroxylation is 2. The Morgan fingerprint density at radius 2 is 2.19 bits per heavy atom. The van der Waals surface area contributed by atoms with Gasteiger partial charge in [0, 0.05) is 31.3 Å². The van der Waals surface area contributed by atoms with Crippen molar-refractivity contribution in [1.82, 2.24) is 24.8 Å². The van der Waals surface area contributed by atoms with E-state index in [1.807, 2.05) is 42.2 Å². The van der Waals surface area contributed by atoms with Gasteiger partial charge in [0.15, 0.2) is 5.82 Å². The van der Waals surface area contributed by atoms with Crippen LogP contribution < -0.4 is 0 Å². The molecule has 7 nitrogen and oxygen atoms in total. The van der Waals surface area contributed by atoms with Crippen LogP contribution in [0, 0.1) is 6.92 Å². The van der Waals surface area contributed by atoms with Gasteiger partial charge in [-0.1, -0.05) is 12.1 Å². The number of amides is 1. The number of H-pyrrole nitrogens is 1. The number of hydrogen-bond donors (Lipinski definition) is 1. The van der Waals surface area contributed by atoms with E-state index in [2.05, 4.69) is 19.9 Å². The van der Waals surface area contributed by atoms with Crippen molar-refractivity contribution in [2.75, 3.05) is 19.7 Å². The van der Waals surface area contributed by atoms with Gasteiger partial charge in [-0.2, -0.15) is 0 Å². The fourth-order valence-corrected chi connectivity index (χ4v) is 3.16. The monoisotopic (exact) mass is 351 g/mol. The van der Waals surface area contributed by atoms with E-state index in [4.69, 9.17) is 4.74 Å². The summed E-state index contributed by atoms with van der Waals surface area (Å²) in [6.45, 7) is 3.51. The standard InChI is InChI=1S/C19H21N5O2/c1-13-8-9-20-19(21-13)16-12-24(10-11-26-16)18(25)7-6-17-22-14-4-2-3-5-15(14)23-17/h2-5,8-9,16H,6-7,10-12H2,1H3,(H,22,23). The minimum absolute atomic E-state index is 0.103. The number of morpholine rings is 1. The summed E-state index contributed by atoms with van der Waals surface area (Å²) in [5.41, 5.74) is 2.82. The van der Waals surface area contributed by atoms with Crippen molar-refractivity contribution < 1.29 is 9.53 Å². The number of benzene rings is 1. The zero-order valence-electron chi connectivity index (χ0n) is 14.7. The van der Waals surface area contributed by atoms with Gasteiger partial charge in [-0.3, -0.25) is 4.79 Å². The minimum Gasteiger partial charge on any atom is -0.367 e. The maximum Gasteiger partial charge on any atom is 0.223 e. The van der Waals surface area contributed by atoms with Gasteiger partial charge in [0.25, 0.3) is 0 Å². The molecule has 1 aliphatic rings. The van der Waals surface area contributed by atoms with Crippen LogP contribution in [0.15, 0.2) is 36.5 Å². The predicted octanol–water partition coefficient (Wildman–Crippen LogP) is 2.19. The lowest BCUT2D eigenvalue weighted by molar-refractivity contribution is -0.139. The molecule has 0 aliphatic carbocycles. The Bertz CT molecular complexity index is 890. The quantitative estimate of drug-likeness (QED) is 0.779. The average Bonchev–Trinajstić information content (AvgIpc) is 3.09. The van der Waals surface area contributed by atoms with Gasteiger partial charge in [0.05, 0.1) is 24.2 Å². The maximum atomic E-state index is 12.6. The Morgan fingerprint density at radius 1 is 1.31 bits per heavy atom. The highest BCUT2D eigenvalue weighted by molar-refractivity contribution is 5.77. The number of nitrogens with zero attached hydrogens (tertiary/aromatic N) is 4. The summed E-state index contributed by atoms with van der Waals surface area (Å²) < 4.78 is 5.76. The van der Waals surface area contributed by atoms with Gasteiger partial charge in [-0.15, -0.1) is 0 Å². The van der Waals surface area contributed by atoms with Gasteiger partial charge in [0.1, 0.15) is 11.9 Å². The fraction of sp³-hybridized carbons (Fsp3) is 0.368. The molecule has 1 amide bonds. The number of aromatic amines is 1. The molecule has 3 heterocycles. The normalized spacial score (nSPS) is 17.6. The number of carbonyl (C=O) groups is 1. The largest absolute Gasteiger partial charge is 0.367 e. The van der Waals surface area contributed by atoms with Crippen molar-refractivity contribution in [1.29, 1.82) is 0 Å². The highest BCUT2D eigenvalue weighted by atomic mass is 16.5. The van der Waals surface area contributed by atoms with E-state index >= 15 is 0 Å². The van der Waals surface area contributed by atoms with Gasteiger partial charge in [0.2, 0.25) is 5.91 Å². The molecule has 0 spiro atoms. The summed E-state index contributed by atoms with van der Waals surface area (Å²) in [5.74, 6) is 1.58. The molecule has 26 heavy (non-hydrogen) atoms. The Hall–Kier alpha value is -2.80. The molecule has 0 saturated carbocycles. The second-order valence-corrected chi connectivity index (χ2v) is 6.46. The number of para-hydroxylation sites is 2. The lowest BCUT2D eigenvalue weighted by atomic mass is 10.2. The Balaban J connectivity index is 1.38. The second kappa shape index (κ2) is 7.21. The Morgan fingerprint density at radius 3 is 3.04 bits per heavy atom. The molecule has 1 unspecified atom stereocenters. The lowest BCUT2D eigenvalue weighted by Gasteiger charge is -2.32. The van der Waals surface area contributed by atoms with Crippen LogP contribution in [0.3, 0.4) is 0 Å². The maximum absolute atomic E-state index is 12.6. The number of imidazole rings is 1. The van der Waals surface area contributed by atoms with Crippen molar-refractivity contribution in [2.24, 2.45) is 0 Å². The van der Waals surface area contributed by atoms with E-state index in [-0.39, 0.29) is 12.0 Å². The first-order valence-corrected chi connectivity index (χ1v) is 8.81. The third-order valence-corrected chi connectivity index (χ3v) is 4.53. The Kier molecular flexibility index (Phi) is 4.62. The highest BCUT2D eigenvalue weighted by Crippen LogP contribution is 2.20. The molecule has 1 atom stereocenters. The van der Waals surface area contributed by atoms with E-state index in [1.54, 1.807) is 6.20 Å². The van der Waals surface area contributed by atoms with Crippen LogP contribution in [0.1, 0.15) is 29.9 Å². The van der Waals surface area contributed by atoms with Crippen molar-refractivity contribution in [3.63, 3.8) is 0 Å². The first-order chi connectivity index (χ1) is 12.7. The lowest BCUT2D eigenvalue weighted by Crippen LogP contribution is -2.42. The third kappa shape index (κ3) is 3.57.